The fraction of sp³-hybridized carbons (Fsp3) is 0.571. The highest BCUT2D eigenvalue weighted by Gasteiger charge is 2.32. The smallest absolute Gasteiger partial charge is 0.242 e. The van der Waals surface area contributed by atoms with Gasteiger partial charge in [0.1, 0.15) is 0 Å². The van der Waals surface area contributed by atoms with E-state index in [1.54, 1.807) is 12.1 Å². The molecule has 0 spiro atoms. The van der Waals surface area contributed by atoms with Crippen LogP contribution in [0.15, 0.2) is 28.3 Å². The highest BCUT2D eigenvalue weighted by molar-refractivity contribution is 7.99. The summed E-state index contributed by atoms with van der Waals surface area (Å²) in [6, 6.07) is 5.18. The second kappa shape index (κ2) is 9.40. The summed E-state index contributed by atoms with van der Waals surface area (Å²) in [6.07, 6.45) is 5.83. The monoisotopic (exact) mass is 478 g/mol. The molecule has 1 aliphatic carbocycles. The van der Waals surface area contributed by atoms with Crippen molar-refractivity contribution in [2.75, 3.05) is 43.2 Å². The maximum absolute atomic E-state index is 12.7. The van der Waals surface area contributed by atoms with Gasteiger partial charge >= 0.3 is 0 Å². The van der Waals surface area contributed by atoms with Gasteiger partial charge in [-0.05, 0) is 56.7 Å². The number of hydrogen-bond donors (Lipinski definition) is 1. The molecule has 1 N–H and O–H groups in total. The molecule has 0 radical (unpaired) electrons. The van der Waals surface area contributed by atoms with Gasteiger partial charge in [0.05, 0.1) is 10.6 Å². The molecule has 0 unspecified atom stereocenters. The minimum atomic E-state index is -3.57. The van der Waals surface area contributed by atoms with Crippen LogP contribution in [0.3, 0.4) is 0 Å². The minimum absolute atomic E-state index is 0.149. The number of aromatic nitrogens is 3. The average Bonchev–Trinajstić information content (AvgIpc) is 3.53. The van der Waals surface area contributed by atoms with Gasteiger partial charge in [0.25, 0.3) is 0 Å². The average molecular weight is 479 g/mol. The van der Waals surface area contributed by atoms with Crippen molar-refractivity contribution < 1.29 is 13.2 Å². The maximum atomic E-state index is 12.7. The van der Waals surface area contributed by atoms with E-state index in [-0.39, 0.29) is 16.6 Å². The lowest BCUT2D eigenvalue weighted by Crippen LogP contribution is -2.32. The summed E-state index contributed by atoms with van der Waals surface area (Å²) in [4.78, 5) is 15.1. The highest BCUT2D eigenvalue weighted by Crippen LogP contribution is 2.41. The number of benzene rings is 1. The van der Waals surface area contributed by atoms with Gasteiger partial charge in [0.2, 0.25) is 21.9 Å². The van der Waals surface area contributed by atoms with Gasteiger partial charge in [-0.25, -0.2) is 12.7 Å². The first-order chi connectivity index (χ1) is 15.3. The van der Waals surface area contributed by atoms with Crippen LogP contribution in [0.25, 0.3) is 0 Å². The van der Waals surface area contributed by atoms with Crippen molar-refractivity contribution >= 4 is 39.3 Å². The van der Waals surface area contributed by atoms with E-state index < -0.39 is 10.0 Å². The Morgan fingerprint density at radius 3 is 2.56 bits per heavy atom. The van der Waals surface area contributed by atoms with Gasteiger partial charge in [-0.1, -0.05) is 17.8 Å². The molecule has 1 aromatic carbocycles. The third-order valence-electron chi connectivity index (χ3n) is 5.79. The van der Waals surface area contributed by atoms with Crippen molar-refractivity contribution in [3.63, 3.8) is 0 Å². The number of nitrogens with one attached hydrogen (secondary N) is 1. The molecule has 2 fully saturated rings. The molecule has 0 atom stereocenters. The predicted octanol–water partition coefficient (Wildman–Crippen LogP) is 2.89. The lowest BCUT2D eigenvalue weighted by atomic mass is 10.1. The zero-order chi connectivity index (χ0) is 22.9. The Labute approximate surface area is 193 Å². The van der Waals surface area contributed by atoms with Crippen molar-refractivity contribution in [1.29, 1.82) is 0 Å². The summed E-state index contributed by atoms with van der Waals surface area (Å²) in [6.45, 7) is 3.84. The highest BCUT2D eigenvalue weighted by atomic mass is 32.2. The van der Waals surface area contributed by atoms with Crippen molar-refractivity contribution in [1.82, 2.24) is 19.1 Å². The van der Waals surface area contributed by atoms with Crippen molar-refractivity contribution in [3.05, 3.63) is 23.8 Å². The summed E-state index contributed by atoms with van der Waals surface area (Å²) < 4.78 is 28.2. The molecule has 0 bridgehead atoms. The molecule has 2 heterocycles. The van der Waals surface area contributed by atoms with E-state index >= 15 is 0 Å². The van der Waals surface area contributed by atoms with E-state index in [1.807, 2.05) is 6.92 Å². The maximum Gasteiger partial charge on any atom is 0.242 e. The zero-order valence-electron chi connectivity index (χ0n) is 18.7. The Morgan fingerprint density at radius 2 is 1.91 bits per heavy atom. The standard InChI is InChI=1S/C21H30N6O3S2/c1-15-7-10-17(32(29,30)25(2)3)13-18(15)22-19(28)14-31-21-24-23-20(27(21)16-8-9-16)26-11-5-4-6-12-26/h7,10,13,16H,4-6,8-9,11-12,14H2,1-3H3,(H,22,28). The zero-order valence-corrected chi connectivity index (χ0v) is 20.4. The van der Waals surface area contributed by atoms with E-state index in [9.17, 15) is 13.2 Å². The van der Waals surface area contributed by atoms with Crippen molar-refractivity contribution in [2.24, 2.45) is 0 Å². The first kappa shape index (κ1) is 23.1. The number of carbonyl (C=O) groups is 1. The minimum Gasteiger partial charge on any atom is -0.341 e. The number of aryl methyl sites for hydroxylation is 1. The van der Waals surface area contributed by atoms with Gasteiger partial charge in [0, 0.05) is 38.9 Å². The Morgan fingerprint density at radius 1 is 1.19 bits per heavy atom. The molecular formula is C21H30N6O3S2. The lowest BCUT2D eigenvalue weighted by Gasteiger charge is -2.27. The summed E-state index contributed by atoms with van der Waals surface area (Å²) in [5.74, 6) is 0.893. The molecule has 2 aliphatic rings. The molecule has 32 heavy (non-hydrogen) atoms. The summed E-state index contributed by atoms with van der Waals surface area (Å²) in [5.41, 5.74) is 1.30. The predicted molar refractivity (Wildman–Crippen MR) is 126 cm³/mol. The molecular weight excluding hydrogens is 448 g/mol. The second-order valence-corrected chi connectivity index (χ2v) is 11.6. The molecule has 1 aliphatic heterocycles. The molecule has 1 saturated carbocycles. The van der Waals surface area contributed by atoms with Crippen LogP contribution in [0, 0.1) is 6.92 Å². The molecule has 2 aromatic rings. The topological polar surface area (TPSA) is 100 Å². The van der Waals surface area contributed by atoms with Crippen LogP contribution in [0.2, 0.25) is 0 Å². The number of nitrogens with zero attached hydrogens (tertiary/aromatic N) is 5. The van der Waals surface area contributed by atoms with E-state index in [4.69, 9.17) is 0 Å². The van der Waals surface area contributed by atoms with E-state index in [1.165, 1.54) is 51.2 Å². The largest absolute Gasteiger partial charge is 0.341 e. The van der Waals surface area contributed by atoms with E-state index in [2.05, 4.69) is 25.0 Å². The summed E-state index contributed by atoms with van der Waals surface area (Å²) in [7, 11) is -0.604. The Balaban J connectivity index is 1.44. The molecule has 1 saturated heterocycles. The normalized spacial score (nSPS) is 17.1. The van der Waals surface area contributed by atoms with Crippen LogP contribution in [-0.4, -0.2) is 66.3 Å². The first-order valence-electron chi connectivity index (χ1n) is 10.9. The van der Waals surface area contributed by atoms with Crippen LogP contribution < -0.4 is 10.2 Å². The molecule has 11 heteroatoms. The molecule has 1 aromatic heterocycles. The first-order valence-corrected chi connectivity index (χ1v) is 13.4. The SMILES string of the molecule is Cc1ccc(S(=O)(=O)N(C)C)cc1NC(=O)CSc1nnc(N2CCCCC2)n1C1CC1. The van der Waals surface area contributed by atoms with Crippen LogP contribution >= 0.6 is 11.8 Å². The summed E-state index contributed by atoms with van der Waals surface area (Å²) >= 11 is 1.37. The van der Waals surface area contributed by atoms with Gasteiger partial charge in [-0.2, -0.15) is 0 Å². The lowest BCUT2D eigenvalue weighted by molar-refractivity contribution is -0.113. The van der Waals surface area contributed by atoms with Gasteiger partial charge in [0.15, 0.2) is 5.16 Å². The van der Waals surface area contributed by atoms with E-state index in [0.717, 1.165) is 46.9 Å². The summed E-state index contributed by atoms with van der Waals surface area (Å²) in [5, 5.41) is 12.5. The number of amides is 1. The van der Waals surface area contributed by atoms with Gasteiger partial charge < -0.3 is 10.2 Å². The molecule has 174 valence electrons. The molecule has 9 nitrogen and oxygen atoms in total. The fourth-order valence-electron chi connectivity index (χ4n) is 3.75. The molecule has 1 amide bonds. The van der Waals surface area contributed by atoms with Crippen LogP contribution in [0.5, 0.6) is 0 Å². The van der Waals surface area contributed by atoms with Gasteiger partial charge in [-0.15, -0.1) is 10.2 Å². The van der Waals surface area contributed by atoms with Crippen molar-refractivity contribution in [3.8, 4) is 0 Å². The number of rotatable bonds is 8. The third kappa shape index (κ3) is 4.94. The van der Waals surface area contributed by atoms with E-state index in [0.29, 0.717) is 11.7 Å². The number of piperidine rings is 1. The number of anilines is 2. The van der Waals surface area contributed by atoms with Gasteiger partial charge in [-0.3, -0.25) is 9.36 Å². The number of hydrogen-bond acceptors (Lipinski definition) is 7. The fourth-order valence-corrected chi connectivity index (χ4v) is 5.48. The van der Waals surface area contributed by atoms with Crippen LogP contribution in [0.4, 0.5) is 11.6 Å². The number of sulfonamides is 1. The van der Waals surface area contributed by atoms with Crippen LogP contribution in [0.1, 0.15) is 43.7 Å². The quantitative estimate of drug-likeness (QED) is 0.582. The Hall–Kier alpha value is -2.11. The van der Waals surface area contributed by atoms with Crippen LogP contribution in [-0.2, 0) is 14.8 Å². The third-order valence-corrected chi connectivity index (χ3v) is 8.55. The van der Waals surface area contributed by atoms with Crippen molar-refractivity contribution in [2.45, 2.75) is 55.1 Å². The Bertz CT molecular complexity index is 1090. The number of carbonyl (C=O) groups excluding carboxylic acids is 1. The second-order valence-electron chi connectivity index (χ2n) is 8.53. The Kier molecular flexibility index (Phi) is 6.78. The number of thioether (sulfide) groups is 1. The molecule has 4 rings (SSSR count).